The average molecular weight is 914 g/mol. The summed E-state index contributed by atoms with van der Waals surface area (Å²) in [5.41, 5.74) is 0. The van der Waals surface area contributed by atoms with Gasteiger partial charge in [0.05, 0.1) is 0 Å². The minimum atomic E-state index is -5.77. The molecule has 1 radical (unpaired) electrons. The minimum absolute atomic E-state index is 0. The molecule has 0 aromatic heterocycles. The Morgan fingerprint density at radius 2 is 0.348 bits per heavy atom. The van der Waals surface area contributed by atoms with Crippen molar-refractivity contribution in [1.29, 1.82) is 0 Å². The van der Waals surface area contributed by atoms with Gasteiger partial charge in [-0.2, -0.15) is 0 Å². The molecular formula is C18F15O9S3Yb. The van der Waals surface area contributed by atoms with Gasteiger partial charge >= 0.3 is 46.9 Å². The van der Waals surface area contributed by atoms with Crippen LogP contribution in [-0.2, 0) is 30.4 Å². The summed E-state index contributed by atoms with van der Waals surface area (Å²) in [5, 5.41) is 0. The zero-order valence-electron chi connectivity index (χ0n) is 19.8. The normalized spacial score (nSPS) is 11.6. The van der Waals surface area contributed by atoms with Crippen LogP contribution < -0.4 is 0 Å². The second-order valence-electron chi connectivity index (χ2n) is 7.06. The molecule has 9 nitrogen and oxygen atoms in total. The van der Waals surface area contributed by atoms with Crippen molar-refractivity contribution in [2.45, 2.75) is 14.7 Å². The molecule has 0 saturated heterocycles. The molecule has 0 N–H and O–H groups in total. The number of halogens is 15. The molecule has 0 amide bonds. The van der Waals surface area contributed by atoms with Crippen molar-refractivity contribution < 1.29 is 152 Å². The average Bonchev–Trinajstić information content (AvgIpc) is 2.89. The van der Waals surface area contributed by atoms with E-state index in [1.807, 2.05) is 0 Å². The minimum Gasteiger partial charge on any atom is -0.744 e. The summed E-state index contributed by atoms with van der Waals surface area (Å²) in [5.74, 6) is -38.5. The summed E-state index contributed by atoms with van der Waals surface area (Å²) in [6.07, 6.45) is 0. The zero-order valence-corrected chi connectivity index (χ0v) is 24.0. The fraction of sp³-hybridized carbons (Fsp3) is 0. The predicted octanol–water partition coefficient (Wildman–Crippen LogP) is 3.86. The van der Waals surface area contributed by atoms with Crippen molar-refractivity contribution in [1.82, 2.24) is 0 Å². The van der Waals surface area contributed by atoms with E-state index in [1.165, 1.54) is 0 Å². The summed E-state index contributed by atoms with van der Waals surface area (Å²) < 4.78 is 279. The molecule has 0 spiro atoms. The van der Waals surface area contributed by atoms with Gasteiger partial charge in [-0.1, -0.05) is 0 Å². The monoisotopic (exact) mass is 915 g/mol. The van der Waals surface area contributed by atoms with Crippen molar-refractivity contribution in [3.63, 3.8) is 0 Å². The van der Waals surface area contributed by atoms with Gasteiger partial charge in [0.2, 0.25) is 17.5 Å². The van der Waals surface area contributed by atoms with Gasteiger partial charge in [0, 0.05) is 0 Å². The number of hydrogen-bond acceptors (Lipinski definition) is 9. The smallest absolute Gasteiger partial charge is 0.744 e. The first-order valence-corrected chi connectivity index (χ1v) is 13.7. The van der Waals surface area contributed by atoms with Crippen LogP contribution in [0.5, 0.6) is 0 Å². The summed E-state index contributed by atoms with van der Waals surface area (Å²) >= 11 is 0. The molecule has 3 rings (SSSR count). The topological polar surface area (TPSA) is 172 Å². The molecule has 46 heavy (non-hydrogen) atoms. The van der Waals surface area contributed by atoms with Crippen LogP contribution >= 0.6 is 0 Å². The Labute approximate surface area is 282 Å². The molecule has 0 aliphatic heterocycles. The Kier molecular flexibility index (Phi) is 14.7. The zero-order chi connectivity index (χ0) is 35.9. The van der Waals surface area contributed by atoms with E-state index >= 15 is 0 Å². The number of hydrogen-bond donors (Lipinski definition) is 0. The quantitative estimate of drug-likeness (QED) is 0.164. The molecule has 0 bridgehead atoms. The molecule has 0 heterocycles. The SMILES string of the molecule is O=S(=O)([O-])c1c(F)c(F)c(F)c(F)c1F.O=S(=O)([O-])c1c(F)c(F)c(F)c(F)c1F.O=S(=O)([O-])c1c(F)c(F)c(F)c(F)c1F.[Yb+3]. The van der Waals surface area contributed by atoms with Crippen molar-refractivity contribution >= 4 is 30.4 Å². The first kappa shape index (κ1) is 43.9. The third-order valence-electron chi connectivity index (χ3n) is 4.26. The Balaban J connectivity index is 0.000000653. The van der Waals surface area contributed by atoms with Crippen LogP contribution in [-0.4, -0.2) is 38.9 Å². The second kappa shape index (κ2) is 15.4. The molecule has 0 aliphatic rings. The molecular weight excluding hydrogens is 914 g/mol. The van der Waals surface area contributed by atoms with E-state index in [9.17, 15) is 105 Å². The van der Waals surface area contributed by atoms with Crippen LogP contribution in [0.3, 0.4) is 0 Å². The maximum Gasteiger partial charge on any atom is 3.00 e. The van der Waals surface area contributed by atoms with E-state index in [2.05, 4.69) is 0 Å². The van der Waals surface area contributed by atoms with Crippen molar-refractivity contribution in [3.05, 3.63) is 87.3 Å². The van der Waals surface area contributed by atoms with Crippen molar-refractivity contribution in [3.8, 4) is 0 Å². The van der Waals surface area contributed by atoms with Crippen LogP contribution in [0.2, 0.25) is 0 Å². The number of benzene rings is 3. The third-order valence-corrected chi connectivity index (χ3v) is 6.83. The van der Waals surface area contributed by atoms with Gasteiger partial charge in [-0.15, -0.1) is 0 Å². The van der Waals surface area contributed by atoms with Crippen LogP contribution in [0.4, 0.5) is 65.9 Å². The standard InChI is InChI=1S/3C6HF5O3S.Yb/c3*7-1-2(8)4(10)6(15(12,13)14)5(11)3(1)9;/h3*(H,12,13,14);/q;;;+3/p-3. The van der Waals surface area contributed by atoms with Crippen LogP contribution in [0.25, 0.3) is 0 Å². The molecule has 0 saturated carbocycles. The van der Waals surface area contributed by atoms with Gasteiger partial charge in [-0.05, 0) is 0 Å². The first-order valence-electron chi connectivity index (χ1n) is 9.45. The maximum atomic E-state index is 12.6. The van der Waals surface area contributed by atoms with Gasteiger partial charge in [0.25, 0.3) is 0 Å². The molecule has 0 fully saturated rings. The molecule has 3 aromatic carbocycles. The fourth-order valence-corrected chi connectivity index (χ4v) is 4.27. The van der Waals surface area contributed by atoms with Gasteiger partial charge < -0.3 is 13.7 Å². The molecule has 28 heteroatoms. The Morgan fingerprint density at radius 1 is 0.261 bits per heavy atom. The van der Waals surface area contributed by atoms with Crippen LogP contribution in [0.1, 0.15) is 0 Å². The second-order valence-corrected chi connectivity index (χ2v) is 11.0. The van der Waals surface area contributed by atoms with Gasteiger partial charge in [-0.3, -0.25) is 0 Å². The number of rotatable bonds is 3. The van der Waals surface area contributed by atoms with E-state index in [0.29, 0.717) is 0 Å². The fourth-order valence-electron chi connectivity index (χ4n) is 2.41. The van der Waals surface area contributed by atoms with Gasteiger partial charge in [0.1, 0.15) is 45.0 Å². The van der Waals surface area contributed by atoms with Gasteiger partial charge in [-0.25, -0.2) is 91.1 Å². The van der Waals surface area contributed by atoms with E-state index in [1.54, 1.807) is 0 Å². The molecule has 0 aliphatic carbocycles. The van der Waals surface area contributed by atoms with E-state index < -0.39 is 132 Å². The van der Waals surface area contributed by atoms with E-state index in [0.717, 1.165) is 0 Å². The van der Waals surface area contributed by atoms with Crippen LogP contribution in [0, 0.1) is 134 Å². The van der Waals surface area contributed by atoms with E-state index in [-0.39, 0.29) is 46.9 Å². The summed E-state index contributed by atoms with van der Waals surface area (Å²) in [6.45, 7) is 0. The first-order chi connectivity index (χ1) is 20.0. The molecule has 0 unspecified atom stereocenters. The molecule has 263 valence electrons. The van der Waals surface area contributed by atoms with Crippen molar-refractivity contribution in [2.24, 2.45) is 0 Å². The van der Waals surface area contributed by atoms with Crippen molar-refractivity contribution in [2.75, 3.05) is 0 Å². The maximum absolute atomic E-state index is 12.6. The summed E-state index contributed by atoms with van der Waals surface area (Å²) in [7, 11) is -17.3. The summed E-state index contributed by atoms with van der Waals surface area (Å²) in [4.78, 5) is -7.13. The third kappa shape index (κ3) is 9.05. The Hall–Kier alpha value is -2.14. The largest absolute Gasteiger partial charge is 3.00 e. The van der Waals surface area contributed by atoms with Gasteiger partial charge in [0.15, 0.2) is 69.8 Å². The van der Waals surface area contributed by atoms with E-state index in [4.69, 9.17) is 0 Å². The molecule has 3 aromatic rings. The Bertz CT molecular complexity index is 1720. The Morgan fingerprint density at radius 3 is 0.435 bits per heavy atom. The molecule has 0 atom stereocenters. The summed E-state index contributed by atoms with van der Waals surface area (Å²) in [6, 6.07) is 0. The predicted molar refractivity (Wildman–Crippen MR) is 103 cm³/mol. The van der Waals surface area contributed by atoms with Crippen LogP contribution in [0.15, 0.2) is 14.7 Å².